The van der Waals surface area contributed by atoms with Crippen molar-refractivity contribution in [2.45, 2.75) is 33.8 Å². The Balaban J connectivity index is 1.77. The van der Waals surface area contributed by atoms with E-state index in [1.165, 1.54) is 13.1 Å². The fourth-order valence-electron chi connectivity index (χ4n) is 3.59. The first kappa shape index (κ1) is 24.3. The van der Waals surface area contributed by atoms with Gasteiger partial charge in [-0.2, -0.15) is 0 Å². The number of guanidine groups is 1. The van der Waals surface area contributed by atoms with E-state index in [0.717, 1.165) is 56.7 Å². The normalized spacial score (nSPS) is 18.0. The molecular formula is C23H41N5O2. The summed E-state index contributed by atoms with van der Waals surface area (Å²) in [6.07, 6.45) is -0.0163. The second-order valence-corrected chi connectivity index (χ2v) is 8.02. The Morgan fingerprint density at radius 3 is 2.33 bits per heavy atom. The van der Waals surface area contributed by atoms with Gasteiger partial charge in [0.05, 0.1) is 13.7 Å². The predicted molar refractivity (Wildman–Crippen MR) is 125 cm³/mol. The van der Waals surface area contributed by atoms with E-state index >= 15 is 0 Å². The van der Waals surface area contributed by atoms with E-state index in [2.05, 4.69) is 41.2 Å². The number of methoxy groups -OCH3 is 1. The first-order valence-electron chi connectivity index (χ1n) is 11.3. The second-order valence-electron chi connectivity index (χ2n) is 8.02. The van der Waals surface area contributed by atoms with E-state index in [4.69, 9.17) is 14.5 Å². The monoisotopic (exact) mass is 419 g/mol. The third-order valence-corrected chi connectivity index (χ3v) is 5.34. The molecule has 2 atom stereocenters. The predicted octanol–water partition coefficient (Wildman–Crippen LogP) is 2.29. The van der Waals surface area contributed by atoms with Gasteiger partial charge in [0.1, 0.15) is 6.10 Å². The van der Waals surface area contributed by atoms with Gasteiger partial charge in [-0.15, -0.1) is 0 Å². The quantitative estimate of drug-likeness (QED) is 0.424. The number of ether oxygens (including phenoxy) is 2. The number of hydrogen-bond acceptors (Lipinski definition) is 5. The fourth-order valence-corrected chi connectivity index (χ4v) is 3.59. The molecule has 0 amide bonds. The van der Waals surface area contributed by atoms with Crippen LogP contribution in [0.4, 0.5) is 0 Å². The minimum absolute atomic E-state index is 0.0163. The van der Waals surface area contributed by atoms with Gasteiger partial charge in [-0.25, -0.2) is 0 Å². The molecule has 0 radical (unpaired) electrons. The lowest BCUT2D eigenvalue weighted by Gasteiger charge is -2.35. The van der Waals surface area contributed by atoms with Crippen molar-refractivity contribution >= 4 is 5.96 Å². The standard InChI is InChI=1S/C23H41N5O2/c1-6-24-23(25-16-19(3)18-28-14-12-27(7-2)13-15-28)26-17-20(4)30-22-11-9-8-10-21(22)29-5/h8-11,19-20H,6-7,12-18H2,1-5H3,(H2,24,25,26). The Hall–Kier alpha value is -1.99. The van der Waals surface area contributed by atoms with Crippen molar-refractivity contribution in [2.75, 3.05) is 66.0 Å². The van der Waals surface area contributed by atoms with Crippen molar-refractivity contribution in [3.05, 3.63) is 24.3 Å². The fraction of sp³-hybridized carbons (Fsp3) is 0.696. The first-order chi connectivity index (χ1) is 14.5. The van der Waals surface area contributed by atoms with Crippen LogP contribution in [0.1, 0.15) is 27.7 Å². The molecule has 1 aromatic rings. The summed E-state index contributed by atoms with van der Waals surface area (Å²) < 4.78 is 11.4. The number of piperazine rings is 1. The Labute approximate surface area is 182 Å². The minimum Gasteiger partial charge on any atom is -0.493 e. The molecule has 0 saturated carbocycles. The zero-order valence-corrected chi connectivity index (χ0v) is 19.5. The Morgan fingerprint density at radius 2 is 1.70 bits per heavy atom. The average Bonchev–Trinajstić information content (AvgIpc) is 2.76. The van der Waals surface area contributed by atoms with Gasteiger partial charge in [0.2, 0.25) is 0 Å². The van der Waals surface area contributed by atoms with Gasteiger partial charge >= 0.3 is 0 Å². The van der Waals surface area contributed by atoms with Gasteiger partial charge < -0.3 is 29.9 Å². The molecule has 1 aromatic carbocycles. The third kappa shape index (κ3) is 8.40. The maximum atomic E-state index is 6.03. The Bertz CT molecular complexity index is 632. The van der Waals surface area contributed by atoms with E-state index in [0.29, 0.717) is 12.5 Å². The topological polar surface area (TPSA) is 61.4 Å². The number of rotatable bonds is 11. The molecule has 2 unspecified atom stereocenters. The number of benzene rings is 1. The first-order valence-corrected chi connectivity index (χ1v) is 11.3. The molecule has 2 N–H and O–H groups in total. The van der Waals surface area contributed by atoms with Crippen molar-refractivity contribution in [2.24, 2.45) is 10.9 Å². The van der Waals surface area contributed by atoms with Gasteiger partial charge in [-0.1, -0.05) is 26.0 Å². The largest absolute Gasteiger partial charge is 0.493 e. The van der Waals surface area contributed by atoms with Crippen LogP contribution in [0.2, 0.25) is 0 Å². The average molecular weight is 420 g/mol. The molecule has 1 saturated heterocycles. The summed E-state index contributed by atoms with van der Waals surface area (Å²) >= 11 is 0. The van der Waals surface area contributed by atoms with Gasteiger partial charge in [0, 0.05) is 45.8 Å². The molecule has 170 valence electrons. The molecule has 7 nitrogen and oxygen atoms in total. The van der Waals surface area contributed by atoms with Crippen molar-refractivity contribution in [3.63, 3.8) is 0 Å². The summed E-state index contributed by atoms with van der Waals surface area (Å²) in [6, 6.07) is 7.73. The molecule has 30 heavy (non-hydrogen) atoms. The Morgan fingerprint density at radius 1 is 1.03 bits per heavy atom. The van der Waals surface area contributed by atoms with Crippen molar-refractivity contribution in [1.82, 2.24) is 20.4 Å². The van der Waals surface area contributed by atoms with Crippen molar-refractivity contribution in [3.8, 4) is 11.5 Å². The van der Waals surface area contributed by atoms with Crippen LogP contribution in [0, 0.1) is 5.92 Å². The molecule has 0 bridgehead atoms. The lowest BCUT2D eigenvalue weighted by molar-refractivity contribution is 0.125. The summed E-state index contributed by atoms with van der Waals surface area (Å²) in [7, 11) is 1.66. The SMILES string of the molecule is CCNC(=NCC(C)CN1CCN(CC)CC1)NCC(C)Oc1ccccc1OC. The summed E-state index contributed by atoms with van der Waals surface area (Å²) in [4.78, 5) is 9.88. The van der Waals surface area contributed by atoms with Crippen LogP contribution < -0.4 is 20.1 Å². The van der Waals surface area contributed by atoms with Crippen molar-refractivity contribution in [1.29, 1.82) is 0 Å². The molecule has 1 aliphatic heterocycles. The second kappa shape index (κ2) is 13.3. The highest BCUT2D eigenvalue weighted by Gasteiger charge is 2.17. The van der Waals surface area contributed by atoms with Crippen LogP contribution in [-0.2, 0) is 0 Å². The highest BCUT2D eigenvalue weighted by Crippen LogP contribution is 2.26. The number of likely N-dealkylation sites (N-methyl/N-ethyl adjacent to an activating group) is 1. The van der Waals surface area contributed by atoms with Gasteiger partial charge in [-0.3, -0.25) is 4.99 Å². The molecule has 1 heterocycles. The number of nitrogens with one attached hydrogen (secondary N) is 2. The van der Waals surface area contributed by atoms with E-state index in [1.54, 1.807) is 7.11 Å². The van der Waals surface area contributed by atoms with Crippen LogP contribution >= 0.6 is 0 Å². The summed E-state index contributed by atoms with van der Waals surface area (Å²) in [5.41, 5.74) is 0. The smallest absolute Gasteiger partial charge is 0.191 e. The van der Waals surface area contributed by atoms with Crippen molar-refractivity contribution < 1.29 is 9.47 Å². The van der Waals surface area contributed by atoms with E-state index in [9.17, 15) is 0 Å². The van der Waals surface area contributed by atoms with Gasteiger partial charge in [-0.05, 0) is 38.4 Å². The summed E-state index contributed by atoms with van der Waals surface area (Å²) in [6.45, 7) is 17.9. The van der Waals surface area contributed by atoms with Gasteiger partial charge in [0.25, 0.3) is 0 Å². The highest BCUT2D eigenvalue weighted by atomic mass is 16.5. The third-order valence-electron chi connectivity index (χ3n) is 5.34. The van der Waals surface area contributed by atoms with Crippen LogP contribution in [-0.4, -0.2) is 87.9 Å². The molecule has 1 aliphatic rings. The molecule has 0 spiro atoms. The van der Waals surface area contributed by atoms with Crippen LogP contribution in [0.5, 0.6) is 11.5 Å². The zero-order chi connectivity index (χ0) is 21.8. The highest BCUT2D eigenvalue weighted by molar-refractivity contribution is 5.79. The molecular weight excluding hydrogens is 378 g/mol. The molecule has 1 fully saturated rings. The van der Waals surface area contributed by atoms with Crippen LogP contribution in [0.15, 0.2) is 29.3 Å². The summed E-state index contributed by atoms with van der Waals surface area (Å²) in [5.74, 6) is 2.87. The Kier molecular flexibility index (Phi) is 10.8. The molecule has 0 aromatic heterocycles. The van der Waals surface area contributed by atoms with Crippen LogP contribution in [0.25, 0.3) is 0 Å². The number of aliphatic imine (C=N–C) groups is 1. The lowest BCUT2D eigenvalue weighted by Crippen LogP contribution is -2.47. The number of nitrogens with zero attached hydrogens (tertiary/aromatic N) is 3. The van der Waals surface area contributed by atoms with E-state index in [1.807, 2.05) is 31.2 Å². The van der Waals surface area contributed by atoms with Crippen LogP contribution in [0.3, 0.4) is 0 Å². The minimum atomic E-state index is -0.0163. The maximum absolute atomic E-state index is 6.03. The molecule has 7 heteroatoms. The summed E-state index contributed by atoms with van der Waals surface area (Å²) in [5, 5.41) is 6.74. The number of hydrogen-bond donors (Lipinski definition) is 2. The lowest BCUT2D eigenvalue weighted by atomic mass is 10.1. The van der Waals surface area contributed by atoms with E-state index in [-0.39, 0.29) is 6.10 Å². The number of para-hydroxylation sites is 2. The van der Waals surface area contributed by atoms with Gasteiger partial charge in [0.15, 0.2) is 17.5 Å². The molecule has 2 rings (SSSR count). The molecule has 0 aliphatic carbocycles. The zero-order valence-electron chi connectivity index (χ0n) is 19.5. The van der Waals surface area contributed by atoms with E-state index < -0.39 is 0 Å². The maximum Gasteiger partial charge on any atom is 0.191 e.